The molecular weight excluding hydrogens is 420 g/mol. The molecule has 0 bridgehead atoms. The van der Waals surface area contributed by atoms with E-state index in [4.69, 9.17) is 4.74 Å². The van der Waals surface area contributed by atoms with Crippen molar-refractivity contribution in [3.63, 3.8) is 0 Å². The summed E-state index contributed by atoms with van der Waals surface area (Å²) in [4.78, 5) is 40.5. The Hall–Kier alpha value is -3.94. The lowest BCUT2D eigenvalue weighted by molar-refractivity contribution is -0.129. The van der Waals surface area contributed by atoms with Gasteiger partial charge in [-0.05, 0) is 62.2 Å². The number of para-hydroxylation sites is 2. The number of aromatic nitrogens is 2. The molecule has 2 heterocycles. The fourth-order valence-electron chi connectivity index (χ4n) is 4.78. The highest BCUT2D eigenvalue weighted by Crippen LogP contribution is 2.45. The minimum Gasteiger partial charge on any atom is -0.452 e. The van der Waals surface area contributed by atoms with Crippen LogP contribution in [0.25, 0.3) is 5.69 Å². The molecule has 1 aliphatic carbocycles. The van der Waals surface area contributed by atoms with Gasteiger partial charge in [0.1, 0.15) is 5.54 Å². The van der Waals surface area contributed by atoms with Crippen LogP contribution in [0, 0.1) is 6.92 Å². The highest BCUT2D eigenvalue weighted by Gasteiger charge is 2.52. The number of carbonyl (C=O) groups excluding carboxylic acids is 3. The van der Waals surface area contributed by atoms with Gasteiger partial charge in [0.2, 0.25) is 0 Å². The number of hydrogen-bond acceptors (Lipinski definition) is 5. The molecule has 0 unspecified atom stereocenters. The van der Waals surface area contributed by atoms with E-state index in [1.807, 2.05) is 31.2 Å². The smallest absolute Gasteiger partial charge is 0.338 e. The van der Waals surface area contributed by atoms with Crippen molar-refractivity contribution >= 4 is 29.2 Å². The highest BCUT2D eigenvalue weighted by atomic mass is 16.5. The number of amides is 2. The first kappa shape index (κ1) is 20.9. The number of esters is 1. The molecule has 0 saturated heterocycles. The molecule has 2 aromatic carbocycles. The zero-order valence-corrected chi connectivity index (χ0v) is 18.3. The van der Waals surface area contributed by atoms with Crippen LogP contribution in [0.5, 0.6) is 0 Å². The summed E-state index contributed by atoms with van der Waals surface area (Å²) in [6.45, 7) is 1.50. The molecule has 1 saturated carbocycles. The molecule has 1 aliphatic heterocycles. The van der Waals surface area contributed by atoms with Gasteiger partial charge in [0.15, 0.2) is 6.61 Å². The molecule has 5 rings (SSSR count). The van der Waals surface area contributed by atoms with Gasteiger partial charge in [-0.25, -0.2) is 9.48 Å². The standard InChI is InChI=1S/C25H24N4O4/c1-17-12-15-26-29(17)19-10-8-18(9-11-19)23(31)33-16-22(30)28-21-7-3-2-6-20(21)27-24(32)25(28)13-4-5-14-25/h2-3,6-12,15H,4-5,13-14,16H2,1H3,(H,27,32). The third-order valence-corrected chi connectivity index (χ3v) is 6.43. The number of fused-ring (bicyclic) bond motifs is 1. The molecular formula is C25H24N4O4. The summed E-state index contributed by atoms with van der Waals surface area (Å²) in [5.41, 5.74) is 2.43. The van der Waals surface area contributed by atoms with Gasteiger partial charge in [0, 0.05) is 11.9 Å². The third-order valence-electron chi connectivity index (χ3n) is 6.43. The summed E-state index contributed by atoms with van der Waals surface area (Å²) < 4.78 is 7.13. The van der Waals surface area contributed by atoms with E-state index in [1.54, 1.807) is 46.1 Å². The summed E-state index contributed by atoms with van der Waals surface area (Å²) in [7, 11) is 0. The normalized spacial score (nSPS) is 16.4. The molecule has 1 fully saturated rings. The SMILES string of the molecule is Cc1ccnn1-c1ccc(C(=O)OCC(=O)N2c3ccccc3NC(=O)C23CCCC3)cc1. The Balaban J connectivity index is 1.33. The Labute approximate surface area is 191 Å². The van der Waals surface area contributed by atoms with E-state index in [2.05, 4.69) is 10.4 Å². The maximum atomic E-state index is 13.3. The van der Waals surface area contributed by atoms with Crippen LogP contribution in [-0.4, -0.2) is 39.7 Å². The summed E-state index contributed by atoms with van der Waals surface area (Å²) in [6.07, 6.45) is 4.60. The van der Waals surface area contributed by atoms with Crippen molar-refractivity contribution in [2.24, 2.45) is 0 Å². The third kappa shape index (κ3) is 3.57. The minimum atomic E-state index is -0.929. The van der Waals surface area contributed by atoms with Crippen molar-refractivity contribution in [3.05, 3.63) is 72.1 Å². The van der Waals surface area contributed by atoms with E-state index in [1.165, 1.54) is 0 Å². The van der Waals surface area contributed by atoms with Crippen LogP contribution in [0.15, 0.2) is 60.8 Å². The van der Waals surface area contributed by atoms with Crippen LogP contribution in [0.2, 0.25) is 0 Å². The monoisotopic (exact) mass is 444 g/mol. The lowest BCUT2D eigenvalue weighted by Crippen LogP contribution is -2.61. The first-order valence-electron chi connectivity index (χ1n) is 11.0. The minimum absolute atomic E-state index is 0.178. The number of nitrogens with zero attached hydrogens (tertiary/aromatic N) is 3. The first-order chi connectivity index (χ1) is 16.0. The Morgan fingerprint density at radius 2 is 1.79 bits per heavy atom. The maximum Gasteiger partial charge on any atom is 0.338 e. The average molecular weight is 444 g/mol. The van der Waals surface area contributed by atoms with Crippen LogP contribution in [0.4, 0.5) is 11.4 Å². The summed E-state index contributed by atoms with van der Waals surface area (Å²) in [5, 5.41) is 7.19. The molecule has 0 atom stereocenters. The summed E-state index contributed by atoms with van der Waals surface area (Å²) >= 11 is 0. The number of nitrogens with one attached hydrogen (secondary N) is 1. The van der Waals surface area contributed by atoms with Gasteiger partial charge in [-0.1, -0.05) is 25.0 Å². The van der Waals surface area contributed by atoms with Gasteiger partial charge in [-0.3, -0.25) is 14.5 Å². The average Bonchev–Trinajstić information content (AvgIpc) is 3.48. The van der Waals surface area contributed by atoms with Crippen molar-refractivity contribution in [2.75, 3.05) is 16.8 Å². The fourth-order valence-corrected chi connectivity index (χ4v) is 4.78. The molecule has 1 spiro atoms. The lowest BCUT2D eigenvalue weighted by atomic mass is 9.90. The number of anilines is 2. The van der Waals surface area contributed by atoms with Crippen LogP contribution in [-0.2, 0) is 14.3 Å². The number of hydrogen-bond donors (Lipinski definition) is 1. The molecule has 2 amide bonds. The highest BCUT2D eigenvalue weighted by molar-refractivity contribution is 6.15. The van der Waals surface area contributed by atoms with Crippen molar-refractivity contribution in [1.82, 2.24) is 9.78 Å². The molecule has 33 heavy (non-hydrogen) atoms. The predicted octanol–water partition coefficient (Wildman–Crippen LogP) is 3.64. The lowest BCUT2D eigenvalue weighted by Gasteiger charge is -2.44. The largest absolute Gasteiger partial charge is 0.452 e. The van der Waals surface area contributed by atoms with E-state index in [0.29, 0.717) is 29.8 Å². The first-order valence-corrected chi connectivity index (χ1v) is 11.0. The van der Waals surface area contributed by atoms with Gasteiger partial charge >= 0.3 is 5.97 Å². The topological polar surface area (TPSA) is 93.5 Å². The van der Waals surface area contributed by atoms with Gasteiger partial charge in [0.05, 0.1) is 22.6 Å². The Kier molecular flexibility index (Phi) is 5.20. The molecule has 168 valence electrons. The second kappa shape index (κ2) is 8.20. The molecule has 2 aliphatic rings. The Bertz CT molecular complexity index is 1230. The molecule has 8 nitrogen and oxygen atoms in total. The Morgan fingerprint density at radius 1 is 1.06 bits per heavy atom. The molecule has 1 aromatic heterocycles. The molecule has 0 radical (unpaired) electrons. The number of benzene rings is 2. The van der Waals surface area contributed by atoms with Crippen LogP contribution in [0.1, 0.15) is 41.7 Å². The second-order valence-electron chi connectivity index (χ2n) is 8.45. The van der Waals surface area contributed by atoms with Crippen molar-refractivity contribution in [2.45, 2.75) is 38.1 Å². The zero-order chi connectivity index (χ0) is 23.0. The zero-order valence-electron chi connectivity index (χ0n) is 18.3. The van der Waals surface area contributed by atoms with Crippen molar-refractivity contribution < 1.29 is 19.1 Å². The number of aryl methyl sites for hydroxylation is 1. The van der Waals surface area contributed by atoms with Gasteiger partial charge in [-0.2, -0.15) is 5.10 Å². The predicted molar refractivity (Wildman–Crippen MR) is 122 cm³/mol. The van der Waals surface area contributed by atoms with E-state index < -0.39 is 24.0 Å². The van der Waals surface area contributed by atoms with E-state index in [-0.39, 0.29) is 5.91 Å². The molecule has 8 heteroatoms. The van der Waals surface area contributed by atoms with Crippen LogP contribution in [0.3, 0.4) is 0 Å². The maximum absolute atomic E-state index is 13.3. The van der Waals surface area contributed by atoms with Crippen molar-refractivity contribution in [1.29, 1.82) is 0 Å². The van der Waals surface area contributed by atoms with E-state index in [0.717, 1.165) is 24.2 Å². The fraction of sp³-hybridized carbons (Fsp3) is 0.280. The number of rotatable bonds is 4. The van der Waals surface area contributed by atoms with Gasteiger partial charge in [-0.15, -0.1) is 0 Å². The summed E-state index contributed by atoms with van der Waals surface area (Å²) in [6, 6.07) is 15.9. The van der Waals surface area contributed by atoms with Gasteiger partial charge in [0.25, 0.3) is 11.8 Å². The number of carbonyl (C=O) groups is 3. The molecule has 1 N–H and O–H groups in total. The van der Waals surface area contributed by atoms with Crippen LogP contribution < -0.4 is 10.2 Å². The summed E-state index contributed by atoms with van der Waals surface area (Å²) in [5.74, 6) is -1.18. The van der Waals surface area contributed by atoms with E-state index >= 15 is 0 Å². The quantitative estimate of drug-likeness (QED) is 0.620. The second-order valence-corrected chi connectivity index (χ2v) is 8.45. The van der Waals surface area contributed by atoms with Crippen molar-refractivity contribution in [3.8, 4) is 5.69 Å². The van der Waals surface area contributed by atoms with Gasteiger partial charge < -0.3 is 10.1 Å². The van der Waals surface area contributed by atoms with E-state index in [9.17, 15) is 14.4 Å². The van der Waals surface area contributed by atoms with Crippen LogP contribution >= 0.6 is 0 Å². The molecule has 3 aromatic rings. The Morgan fingerprint density at radius 3 is 2.48 bits per heavy atom. The number of ether oxygens (including phenoxy) is 1.